The fourth-order valence-electron chi connectivity index (χ4n) is 1.80. The molecular formula is C16H16FNO3. The number of carbonyl (C=O) groups is 1. The van der Waals surface area contributed by atoms with Crippen molar-refractivity contribution in [1.82, 2.24) is 5.32 Å². The minimum Gasteiger partial charge on any atom is -0.493 e. The molecule has 2 aromatic carbocycles. The molecule has 0 aliphatic heterocycles. The molecule has 0 atom stereocenters. The summed E-state index contributed by atoms with van der Waals surface area (Å²) in [6.45, 7) is 0.606. The summed E-state index contributed by atoms with van der Waals surface area (Å²) in [5.74, 6) is 0.472. The summed E-state index contributed by atoms with van der Waals surface area (Å²) in [7, 11) is 1.56. The molecule has 21 heavy (non-hydrogen) atoms. The average Bonchev–Trinajstić information content (AvgIpc) is 2.51. The maximum absolute atomic E-state index is 13.0. The Kier molecular flexibility index (Phi) is 5.15. The van der Waals surface area contributed by atoms with E-state index in [1.54, 1.807) is 25.3 Å². The second-order valence-electron chi connectivity index (χ2n) is 4.27. The molecule has 0 fully saturated rings. The minimum absolute atomic E-state index is 0.285. The van der Waals surface area contributed by atoms with Gasteiger partial charge in [0.1, 0.15) is 12.4 Å². The highest BCUT2D eigenvalue weighted by Crippen LogP contribution is 2.25. The molecule has 0 radical (unpaired) electrons. The Labute approximate surface area is 122 Å². The number of para-hydroxylation sites is 2. The van der Waals surface area contributed by atoms with Gasteiger partial charge in [0.25, 0.3) is 5.91 Å². The van der Waals surface area contributed by atoms with E-state index >= 15 is 0 Å². The van der Waals surface area contributed by atoms with E-state index in [9.17, 15) is 9.18 Å². The third-order valence-corrected chi connectivity index (χ3v) is 2.80. The molecule has 0 heterocycles. The molecule has 0 aliphatic carbocycles. The van der Waals surface area contributed by atoms with Crippen LogP contribution in [0.5, 0.6) is 11.5 Å². The lowest BCUT2D eigenvalue weighted by atomic mass is 10.2. The number of carbonyl (C=O) groups excluding carboxylic acids is 1. The van der Waals surface area contributed by atoms with Crippen LogP contribution >= 0.6 is 0 Å². The Hall–Kier alpha value is -2.56. The Balaban J connectivity index is 1.81. The lowest BCUT2D eigenvalue weighted by Crippen LogP contribution is -2.28. The van der Waals surface area contributed by atoms with Crippen molar-refractivity contribution >= 4 is 5.91 Å². The number of rotatable bonds is 6. The topological polar surface area (TPSA) is 47.6 Å². The number of ether oxygens (including phenoxy) is 2. The highest BCUT2D eigenvalue weighted by atomic mass is 19.1. The quantitative estimate of drug-likeness (QED) is 0.832. The first-order chi connectivity index (χ1) is 10.2. The number of hydrogen-bond acceptors (Lipinski definition) is 3. The summed E-state index contributed by atoms with van der Waals surface area (Å²) in [5, 5.41) is 2.66. The van der Waals surface area contributed by atoms with E-state index in [0.29, 0.717) is 24.7 Å². The van der Waals surface area contributed by atoms with Crippen molar-refractivity contribution in [1.29, 1.82) is 0 Å². The summed E-state index contributed by atoms with van der Waals surface area (Å²) >= 11 is 0. The van der Waals surface area contributed by atoms with Crippen molar-refractivity contribution in [2.75, 3.05) is 20.3 Å². The first kappa shape index (κ1) is 14.8. The molecule has 0 saturated carbocycles. The summed E-state index contributed by atoms with van der Waals surface area (Å²) in [6, 6.07) is 12.8. The number of amides is 1. The van der Waals surface area contributed by atoms with Crippen LogP contribution in [0.15, 0.2) is 48.5 Å². The molecular weight excluding hydrogens is 273 g/mol. The molecule has 1 N–H and O–H groups in total. The third-order valence-electron chi connectivity index (χ3n) is 2.80. The largest absolute Gasteiger partial charge is 0.493 e. The van der Waals surface area contributed by atoms with Gasteiger partial charge in [-0.05, 0) is 30.3 Å². The van der Waals surface area contributed by atoms with Gasteiger partial charge in [-0.1, -0.05) is 18.2 Å². The standard InChI is InChI=1S/C16H16FNO3/c1-20-14-7-2-3-8-15(14)21-10-9-18-16(19)12-5-4-6-13(17)11-12/h2-8,11H,9-10H2,1H3,(H,18,19). The SMILES string of the molecule is COc1ccccc1OCCNC(=O)c1cccc(F)c1. The van der Waals surface area contributed by atoms with E-state index in [1.807, 2.05) is 12.1 Å². The predicted octanol–water partition coefficient (Wildman–Crippen LogP) is 2.64. The van der Waals surface area contributed by atoms with Gasteiger partial charge in [0.05, 0.1) is 13.7 Å². The number of methoxy groups -OCH3 is 1. The Morgan fingerprint density at radius 1 is 1.14 bits per heavy atom. The van der Waals surface area contributed by atoms with E-state index < -0.39 is 5.82 Å². The van der Waals surface area contributed by atoms with Crippen molar-refractivity contribution < 1.29 is 18.7 Å². The number of benzene rings is 2. The molecule has 1 amide bonds. The van der Waals surface area contributed by atoms with E-state index in [1.165, 1.54) is 18.2 Å². The second kappa shape index (κ2) is 7.28. The molecule has 0 aromatic heterocycles. The van der Waals surface area contributed by atoms with Crippen LogP contribution in [-0.2, 0) is 0 Å². The molecule has 0 bridgehead atoms. The predicted molar refractivity (Wildman–Crippen MR) is 77.2 cm³/mol. The molecule has 110 valence electrons. The molecule has 2 aromatic rings. The van der Waals surface area contributed by atoms with Crippen LogP contribution in [0.2, 0.25) is 0 Å². The van der Waals surface area contributed by atoms with Gasteiger partial charge in [0, 0.05) is 5.56 Å². The number of hydrogen-bond donors (Lipinski definition) is 1. The van der Waals surface area contributed by atoms with Crippen LogP contribution in [0.3, 0.4) is 0 Å². The van der Waals surface area contributed by atoms with Crippen molar-refractivity contribution in [2.24, 2.45) is 0 Å². The fourth-order valence-corrected chi connectivity index (χ4v) is 1.80. The number of nitrogens with one attached hydrogen (secondary N) is 1. The summed E-state index contributed by atoms with van der Waals surface area (Å²) in [4.78, 5) is 11.8. The van der Waals surface area contributed by atoms with Gasteiger partial charge < -0.3 is 14.8 Å². The van der Waals surface area contributed by atoms with Gasteiger partial charge in [-0.3, -0.25) is 4.79 Å². The van der Waals surface area contributed by atoms with E-state index in [-0.39, 0.29) is 11.5 Å². The zero-order chi connectivity index (χ0) is 15.1. The maximum Gasteiger partial charge on any atom is 0.251 e. The van der Waals surface area contributed by atoms with Crippen LogP contribution in [0.25, 0.3) is 0 Å². The minimum atomic E-state index is -0.437. The fraction of sp³-hybridized carbons (Fsp3) is 0.188. The molecule has 2 rings (SSSR count). The summed E-state index contributed by atoms with van der Waals surface area (Å²) in [6.07, 6.45) is 0. The molecule has 0 saturated heterocycles. The maximum atomic E-state index is 13.0. The van der Waals surface area contributed by atoms with Crippen LogP contribution in [0.1, 0.15) is 10.4 Å². The van der Waals surface area contributed by atoms with Gasteiger partial charge in [0.2, 0.25) is 0 Å². The second-order valence-corrected chi connectivity index (χ2v) is 4.27. The normalized spacial score (nSPS) is 10.0. The average molecular weight is 289 g/mol. The lowest BCUT2D eigenvalue weighted by molar-refractivity contribution is 0.0946. The van der Waals surface area contributed by atoms with Crippen molar-refractivity contribution in [2.45, 2.75) is 0 Å². The molecule has 0 unspecified atom stereocenters. The van der Waals surface area contributed by atoms with Gasteiger partial charge >= 0.3 is 0 Å². The summed E-state index contributed by atoms with van der Waals surface area (Å²) < 4.78 is 23.7. The van der Waals surface area contributed by atoms with Crippen LogP contribution in [0.4, 0.5) is 4.39 Å². The van der Waals surface area contributed by atoms with Crippen molar-refractivity contribution in [3.05, 3.63) is 59.9 Å². The lowest BCUT2D eigenvalue weighted by Gasteiger charge is -2.10. The van der Waals surface area contributed by atoms with Crippen molar-refractivity contribution in [3.63, 3.8) is 0 Å². The molecule has 5 heteroatoms. The Bertz CT molecular complexity index is 616. The van der Waals surface area contributed by atoms with Gasteiger partial charge in [-0.15, -0.1) is 0 Å². The monoisotopic (exact) mass is 289 g/mol. The van der Waals surface area contributed by atoms with Gasteiger partial charge in [0.15, 0.2) is 11.5 Å². The molecule has 0 spiro atoms. The van der Waals surface area contributed by atoms with E-state index in [2.05, 4.69) is 5.32 Å². The third kappa shape index (κ3) is 4.21. The first-order valence-electron chi connectivity index (χ1n) is 6.50. The number of halogens is 1. The van der Waals surface area contributed by atoms with Gasteiger partial charge in [-0.2, -0.15) is 0 Å². The first-order valence-corrected chi connectivity index (χ1v) is 6.50. The summed E-state index contributed by atoms with van der Waals surface area (Å²) in [5.41, 5.74) is 0.285. The van der Waals surface area contributed by atoms with Gasteiger partial charge in [-0.25, -0.2) is 4.39 Å². The zero-order valence-electron chi connectivity index (χ0n) is 11.6. The highest BCUT2D eigenvalue weighted by Gasteiger charge is 2.06. The zero-order valence-corrected chi connectivity index (χ0v) is 11.6. The smallest absolute Gasteiger partial charge is 0.251 e. The van der Waals surface area contributed by atoms with Crippen LogP contribution in [0, 0.1) is 5.82 Å². The Morgan fingerprint density at radius 3 is 2.62 bits per heavy atom. The van der Waals surface area contributed by atoms with Crippen LogP contribution in [-0.4, -0.2) is 26.2 Å². The molecule has 4 nitrogen and oxygen atoms in total. The van der Waals surface area contributed by atoms with Crippen molar-refractivity contribution in [3.8, 4) is 11.5 Å². The van der Waals surface area contributed by atoms with E-state index in [4.69, 9.17) is 9.47 Å². The van der Waals surface area contributed by atoms with Crippen LogP contribution < -0.4 is 14.8 Å². The molecule has 0 aliphatic rings. The highest BCUT2D eigenvalue weighted by molar-refractivity contribution is 5.94. The van der Waals surface area contributed by atoms with E-state index in [0.717, 1.165) is 0 Å². The Morgan fingerprint density at radius 2 is 1.90 bits per heavy atom.